The first kappa shape index (κ1) is 48.4. The Morgan fingerprint density at radius 2 is 1.09 bits per heavy atom. The first-order valence-electron chi connectivity index (χ1n) is 23.0. The number of carbonyl (C=O) groups is 2. The molecule has 0 amide bonds. The summed E-state index contributed by atoms with van der Waals surface area (Å²) >= 11 is 4.99. The quantitative estimate of drug-likeness (QED) is 0.0927. The van der Waals surface area contributed by atoms with Crippen LogP contribution in [-0.2, 0) is 9.59 Å². The summed E-state index contributed by atoms with van der Waals surface area (Å²) in [7, 11) is 3.26. The number of carbonyl (C=O) groups excluding carboxylic acids is 2. The number of rotatable bonds is 13. The molecule has 0 bridgehead atoms. The second-order valence-corrected chi connectivity index (χ2v) is 17.5. The zero-order valence-corrected chi connectivity index (χ0v) is 40.4. The summed E-state index contributed by atoms with van der Waals surface area (Å²) in [6.45, 7) is 11.2. The molecule has 0 unspecified atom stereocenters. The van der Waals surface area contributed by atoms with Crippen molar-refractivity contribution in [2.24, 2.45) is 0 Å². The monoisotopic (exact) mass is 956 g/mol. The van der Waals surface area contributed by atoms with Crippen LogP contribution in [0.1, 0.15) is 50.9 Å². The van der Waals surface area contributed by atoms with Gasteiger partial charge >= 0.3 is 0 Å². The molecule has 8 aromatic rings. The normalized spacial score (nSPS) is 14.4. The highest BCUT2D eigenvalue weighted by atomic mass is 35.5. The maximum atomic E-state index is 11.4. The number of piperidine rings is 2. The minimum atomic E-state index is 0.0201. The number of likely N-dealkylation sites (tertiary alicyclic amines) is 1. The SMILES string of the molecule is CC(=O)CCl.COc1cc2c(Oc3ccc4cc(C)[nH]c4c3)ncnc2cc1OC1CCN(CC(C)=O)CC1.COc1cc2c(Oc3ccc4cc(C)[nH]c4c3)ncnc2cc1OC1CCNCC1. The van der Waals surface area contributed by atoms with Crippen molar-refractivity contribution < 1.29 is 38.0 Å². The van der Waals surface area contributed by atoms with E-state index >= 15 is 0 Å². The van der Waals surface area contributed by atoms with Gasteiger partial charge in [-0.25, -0.2) is 19.9 Å². The number of halogens is 1. The number of Topliss-reactive ketones (excluding diaryl/α,β-unsaturated/α-hetero) is 2. The fourth-order valence-corrected chi connectivity index (χ4v) is 8.37. The van der Waals surface area contributed by atoms with E-state index in [-0.39, 0.29) is 29.7 Å². The van der Waals surface area contributed by atoms with Crippen molar-refractivity contribution in [1.82, 2.24) is 40.1 Å². The average Bonchev–Trinajstić information content (AvgIpc) is 3.92. The molecule has 4 aromatic heterocycles. The van der Waals surface area contributed by atoms with Crippen LogP contribution in [-0.4, -0.2) is 111 Å². The molecule has 16 nitrogen and oxygen atoms in total. The highest BCUT2D eigenvalue weighted by Gasteiger charge is 2.24. The minimum Gasteiger partial charge on any atom is -0.493 e. The molecule has 2 aliphatic heterocycles. The summed E-state index contributed by atoms with van der Waals surface area (Å²) in [6.07, 6.45) is 6.89. The summed E-state index contributed by atoms with van der Waals surface area (Å²) < 4.78 is 36.0. The summed E-state index contributed by atoms with van der Waals surface area (Å²) in [4.78, 5) is 47.5. The van der Waals surface area contributed by atoms with Crippen molar-refractivity contribution in [3.05, 3.63) is 96.8 Å². The average molecular weight is 958 g/mol. The Labute approximate surface area is 405 Å². The second-order valence-electron chi connectivity index (χ2n) is 17.2. The number of hydrogen-bond donors (Lipinski definition) is 3. The number of aromatic amines is 2. The zero-order chi connectivity index (χ0) is 48.4. The molecule has 0 spiro atoms. The number of ether oxygens (including phenoxy) is 6. The van der Waals surface area contributed by atoms with Crippen molar-refractivity contribution in [1.29, 1.82) is 0 Å². The molecular weight excluding hydrogens is 900 g/mol. The van der Waals surface area contributed by atoms with Gasteiger partial charge in [-0.05, 0) is 126 Å². The Morgan fingerprint density at radius 3 is 1.52 bits per heavy atom. The highest BCUT2D eigenvalue weighted by Crippen LogP contribution is 2.39. The van der Waals surface area contributed by atoms with Crippen LogP contribution in [0.3, 0.4) is 0 Å². The number of ketones is 2. The van der Waals surface area contributed by atoms with Gasteiger partial charge in [-0.3, -0.25) is 14.5 Å². The maximum Gasteiger partial charge on any atom is 0.230 e. The van der Waals surface area contributed by atoms with Crippen molar-refractivity contribution in [2.75, 3.05) is 52.8 Å². The van der Waals surface area contributed by atoms with Gasteiger partial charge in [0.1, 0.15) is 47.9 Å². The van der Waals surface area contributed by atoms with Gasteiger partial charge in [0.05, 0.1) is 48.5 Å². The van der Waals surface area contributed by atoms with Crippen LogP contribution in [0, 0.1) is 13.8 Å². The molecule has 4 aromatic carbocycles. The number of nitrogens with one attached hydrogen (secondary N) is 3. The second kappa shape index (κ2) is 22.4. The van der Waals surface area contributed by atoms with Crippen LogP contribution in [0.4, 0.5) is 0 Å². The molecule has 2 aliphatic rings. The first-order chi connectivity index (χ1) is 33.4. The van der Waals surface area contributed by atoms with E-state index in [4.69, 9.17) is 40.0 Å². The summed E-state index contributed by atoms with van der Waals surface area (Å²) in [6, 6.07) is 23.6. The number of nitrogens with zero attached hydrogens (tertiary/aromatic N) is 5. The summed E-state index contributed by atoms with van der Waals surface area (Å²) in [5, 5.41) is 7.14. The number of hydrogen-bond acceptors (Lipinski definition) is 14. The molecule has 0 aliphatic carbocycles. The van der Waals surface area contributed by atoms with E-state index in [9.17, 15) is 9.59 Å². The smallest absolute Gasteiger partial charge is 0.230 e. The maximum absolute atomic E-state index is 11.4. The van der Waals surface area contributed by atoms with E-state index in [0.717, 1.165) is 101 Å². The van der Waals surface area contributed by atoms with Crippen molar-refractivity contribution in [3.8, 4) is 46.3 Å². The van der Waals surface area contributed by atoms with E-state index in [1.165, 1.54) is 19.6 Å². The van der Waals surface area contributed by atoms with Crippen LogP contribution in [0.2, 0.25) is 0 Å². The lowest BCUT2D eigenvalue weighted by Crippen LogP contribution is -2.40. The van der Waals surface area contributed by atoms with Gasteiger partial charge in [0, 0.05) is 59.8 Å². The van der Waals surface area contributed by atoms with Gasteiger partial charge in [0.25, 0.3) is 0 Å². The number of benzene rings is 4. The van der Waals surface area contributed by atoms with E-state index < -0.39 is 0 Å². The number of methoxy groups -OCH3 is 2. The van der Waals surface area contributed by atoms with Crippen LogP contribution in [0.5, 0.6) is 46.3 Å². The van der Waals surface area contributed by atoms with Crippen LogP contribution in [0.25, 0.3) is 43.6 Å². The Bertz CT molecular complexity index is 3070. The third-order valence-electron chi connectivity index (χ3n) is 11.7. The molecule has 0 radical (unpaired) electrons. The van der Waals surface area contributed by atoms with Crippen molar-refractivity contribution >= 4 is 66.8 Å². The predicted molar refractivity (Wildman–Crippen MR) is 267 cm³/mol. The third kappa shape index (κ3) is 12.4. The summed E-state index contributed by atoms with van der Waals surface area (Å²) in [5.41, 5.74) is 5.71. The van der Waals surface area contributed by atoms with Gasteiger partial charge in [-0.1, -0.05) is 0 Å². The van der Waals surface area contributed by atoms with E-state index in [1.54, 1.807) is 21.1 Å². The Kier molecular flexibility index (Phi) is 15.7. The molecule has 6 heterocycles. The lowest BCUT2D eigenvalue weighted by atomic mass is 10.1. The van der Waals surface area contributed by atoms with Crippen molar-refractivity contribution in [2.45, 2.75) is 65.6 Å². The molecule has 0 atom stereocenters. The molecule has 3 N–H and O–H groups in total. The molecular formula is C52H57ClN8O8. The predicted octanol–water partition coefficient (Wildman–Crippen LogP) is 9.82. The number of H-pyrrole nitrogens is 2. The largest absolute Gasteiger partial charge is 0.493 e. The first-order valence-corrected chi connectivity index (χ1v) is 23.5. The zero-order valence-electron chi connectivity index (χ0n) is 39.7. The molecule has 0 saturated carbocycles. The number of fused-ring (bicyclic) bond motifs is 4. The number of aryl methyl sites for hydroxylation is 2. The van der Waals surface area contributed by atoms with Crippen LogP contribution in [0.15, 0.2) is 85.5 Å². The Balaban J connectivity index is 0.000000171. The standard InChI is InChI=1S/C26H28N4O4.C23H24N4O3.C3H5ClO/c1-16-10-18-4-5-20(11-22(18)29-16)34-26-21-12-24(32-3)25(13-23(21)27-15-28-26)33-19-6-8-30(9-7-19)14-17(2)31;1-14-9-15-3-4-17(10-19(15)27-14)30-23-18-11-21(28-2)22(12-20(18)25-13-26-23)29-16-5-7-24-8-6-16;1-3(5)2-4/h4-5,10-13,15,19,29H,6-9,14H2,1-3H3;3-4,9-13,16,24,27H,5-8H2,1-2H3;2H2,1H3. The van der Waals surface area contributed by atoms with E-state index in [2.05, 4.69) is 52.3 Å². The van der Waals surface area contributed by atoms with E-state index in [1.807, 2.05) is 74.5 Å². The van der Waals surface area contributed by atoms with Gasteiger partial charge < -0.3 is 43.7 Å². The van der Waals surface area contributed by atoms with Gasteiger partial charge in [0.15, 0.2) is 23.0 Å². The molecule has 2 saturated heterocycles. The molecule has 2 fully saturated rings. The minimum absolute atomic E-state index is 0.0201. The van der Waals surface area contributed by atoms with E-state index in [0.29, 0.717) is 58.3 Å². The lowest BCUT2D eigenvalue weighted by Gasteiger charge is -2.31. The molecule has 69 heavy (non-hydrogen) atoms. The lowest BCUT2D eigenvalue weighted by molar-refractivity contribution is -0.118. The van der Waals surface area contributed by atoms with Gasteiger partial charge in [-0.2, -0.15) is 0 Å². The van der Waals surface area contributed by atoms with Gasteiger partial charge in [-0.15, -0.1) is 11.6 Å². The topological polar surface area (TPSA) is 188 Å². The highest BCUT2D eigenvalue weighted by molar-refractivity contribution is 6.27. The third-order valence-corrected chi connectivity index (χ3v) is 12.1. The van der Waals surface area contributed by atoms with Crippen LogP contribution >= 0.6 is 11.6 Å². The Morgan fingerprint density at radius 1 is 0.623 bits per heavy atom. The van der Waals surface area contributed by atoms with Gasteiger partial charge in [0.2, 0.25) is 11.8 Å². The number of alkyl halides is 1. The molecule has 360 valence electrons. The fourth-order valence-electron chi connectivity index (χ4n) is 8.37. The van der Waals surface area contributed by atoms with Crippen LogP contribution < -0.4 is 33.7 Å². The molecule has 17 heteroatoms. The fraction of sp³-hybridized carbons (Fsp3) is 0.346. The van der Waals surface area contributed by atoms with Crippen molar-refractivity contribution in [3.63, 3.8) is 0 Å². The number of aromatic nitrogens is 6. The molecule has 10 rings (SSSR count). The Hall–Kier alpha value is -7.01. The summed E-state index contributed by atoms with van der Waals surface area (Å²) in [5.74, 6) is 5.28.